The average molecular weight is 182 g/mol. The molecule has 0 aromatic rings. The van der Waals surface area contributed by atoms with Crippen molar-refractivity contribution < 1.29 is 0 Å². The molecule has 0 fully saturated rings. The molecule has 0 atom stereocenters. The lowest BCUT2D eigenvalue weighted by Gasteiger charge is -2.23. The van der Waals surface area contributed by atoms with Gasteiger partial charge in [0, 0.05) is 18.8 Å². The van der Waals surface area contributed by atoms with Crippen LogP contribution in [0, 0.1) is 0 Å². The van der Waals surface area contributed by atoms with Crippen LogP contribution >= 0.6 is 0 Å². The van der Waals surface area contributed by atoms with Crippen LogP contribution in [0.5, 0.6) is 0 Å². The van der Waals surface area contributed by atoms with Crippen LogP contribution in [0.15, 0.2) is 11.3 Å². The van der Waals surface area contributed by atoms with Gasteiger partial charge < -0.3 is 10.2 Å². The number of nitrogens with one attached hydrogen (secondary N) is 1. The number of hydrogen-bond donors (Lipinski definition) is 1. The molecule has 2 heteroatoms. The lowest BCUT2D eigenvalue weighted by Crippen LogP contribution is -2.23. The lowest BCUT2D eigenvalue weighted by atomic mass is 9.96. The highest BCUT2D eigenvalue weighted by atomic mass is 15.1. The molecule has 2 nitrogen and oxygen atoms in total. The van der Waals surface area contributed by atoms with Crippen molar-refractivity contribution in [1.29, 1.82) is 0 Å². The van der Waals surface area contributed by atoms with Gasteiger partial charge in [-0.3, -0.25) is 0 Å². The second-order valence-electron chi connectivity index (χ2n) is 4.06. The highest BCUT2D eigenvalue weighted by Gasteiger charge is 2.12. The van der Waals surface area contributed by atoms with Gasteiger partial charge in [0.05, 0.1) is 0 Å². The maximum atomic E-state index is 3.49. The Hall–Kier alpha value is -0.500. The fraction of sp³-hybridized carbons (Fsp3) is 0.818. The summed E-state index contributed by atoms with van der Waals surface area (Å²) in [6.45, 7) is 4.36. The van der Waals surface area contributed by atoms with Gasteiger partial charge in [-0.2, -0.15) is 0 Å². The summed E-state index contributed by atoms with van der Waals surface area (Å²) >= 11 is 0. The molecule has 1 aliphatic carbocycles. The van der Waals surface area contributed by atoms with Gasteiger partial charge in [-0.05, 0) is 52.3 Å². The highest BCUT2D eigenvalue weighted by molar-refractivity contribution is 5.16. The maximum absolute atomic E-state index is 3.49. The van der Waals surface area contributed by atoms with E-state index in [1.165, 1.54) is 31.4 Å². The van der Waals surface area contributed by atoms with Crippen LogP contribution in [-0.2, 0) is 0 Å². The van der Waals surface area contributed by atoms with E-state index in [-0.39, 0.29) is 0 Å². The molecule has 0 spiro atoms. The summed E-state index contributed by atoms with van der Waals surface area (Å²) < 4.78 is 0. The van der Waals surface area contributed by atoms with Crippen LogP contribution < -0.4 is 5.32 Å². The third-order valence-electron chi connectivity index (χ3n) is 2.48. The second-order valence-corrected chi connectivity index (χ2v) is 4.06. The molecular weight excluding hydrogens is 160 g/mol. The van der Waals surface area contributed by atoms with E-state index >= 15 is 0 Å². The summed E-state index contributed by atoms with van der Waals surface area (Å²) in [5.74, 6) is 0. The van der Waals surface area contributed by atoms with Gasteiger partial charge in [0.1, 0.15) is 0 Å². The fourth-order valence-corrected chi connectivity index (χ4v) is 1.95. The Balaban J connectivity index is 2.59. The van der Waals surface area contributed by atoms with Crippen LogP contribution in [0.25, 0.3) is 0 Å². The average Bonchev–Trinajstić information content (AvgIpc) is 2.08. The summed E-state index contributed by atoms with van der Waals surface area (Å²) in [6.07, 6.45) is 5.29. The first-order valence-corrected chi connectivity index (χ1v) is 5.33. The topological polar surface area (TPSA) is 15.3 Å². The van der Waals surface area contributed by atoms with Crippen molar-refractivity contribution >= 4 is 0 Å². The molecular formula is C11H22N2. The Morgan fingerprint density at radius 1 is 1.23 bits per heavy atom. The molecule has 0 bridgehead atoms. The Bertz CT molecular complexity index is 183. The molecule has 0 heterocycles. The SMILES string of the molecule is CCNC1=C(CN(C)C)CCCC1. The normalized spacial score (nSPS) is 18.2. The zero-order valence-corrected chi connectivity index (χ0v) is 9.19. The predicted octanol–water partition coefficient (Wildman–Crippen LogP) is 1.99. The van der Waals surface area contributed by atoms with Gasteiger partial charge >= 0.3 is 0 Å². The van der Waals surface area contributed by atoms with E-state index in [0.717, 1.165) is 13.1 Å². The van der Waals surface area contributed by atoms with Crippen LogP contribution in [0.4, 0.5) is 0 Å². The molecule has 0 radical (unpaired) electrons. The molecule has 1 aliphatic rings. The predicted molar refractivity (Wildman–Crippen MR) is 57.7 cm³/mol. The smallest absolute Gasteiger partial charge is 0.0206 e. The maximum Gasteiger partial charge on any atom is 0.0206 e. The standard InChI is InChI=1S/C11H22N2/c1-4-12-11-8-6-5-7-10(11)9-13(2)3/h12H,4-9H2,1-3H3. The number of allylic oxidation sites excluding steroid dienone is 1. The number of rotatable bonds is 4. The van der Waals surface area contributed by atoms with Gasteiger partial charge in [0.25, 0.3) is 0 Å². The van der Waals surface area contributed by atoms with E-state index < -0.39 is 0 Å². The van der Waals surface area contributed by atoms with Crippen molar-refractivity contribution in [1.82, 2.24) is 10.2 Å². The first-order chi connectivity index (χ1) is 6.24. The Labute approximate surface area is 82.0 Å². The van der Waals surface area contributed by atoms with Gasteiger partial charge in [-0.1, -0.05) is 0 Å². The molecule has 1 N–H and O–H groups in total. The van der Waals surface area contributed by atoms with Crippen LogP contribution in [-0.4, -0.2) is 32.1 Å². The minimum atomic E-state index is 1.06. The molecule has 0 saturated heterocycles. The molecule has 0 aromatic heterocycles. The van der Waals surface area contributed by atoms with E-state index in [4.69, 9.17) is 0 Å². The summed E-state index contributed by atoms with van der Waals surface area (Å²) in [4.78, 5) is 2.26. The van der Waals surface area contributed by atoms with E-state index in [0.29, 0.717) is 0 Å². The molecule has 0 aliphatic heterocycles. The van der Waals surface area contributed by atoms with Crippen molar-refractivity contribution in [3.8, 4) is 0 Å². The zero-order valence-electron chi connectivity index (χ0n) is 9.19. The summed E-state index contributed by atoms with van der Waals surface area (Å²) in [7, 11) is 4.29. The number of nitrogens with zero attached hydrogens (tertiary/aromatic N) is 1. The minimum Gasteiger partial charge on any atom is -0.389 e. The largest absolute Gasteiger partial charge is 0.389 e. The first-order valence-electron chi connectivity index (χ1n) is 5.33. The van der Waals surface area contributed by atoms with E-state index in [1.807, 2.05) is 0 Å². The van der Waals surface area contributed by atoms with Crippen molar-refractivity contribution in [3.05, 3.63) is 11.3 Å². The van der Waals surface area contributed by atoms with Gasteiger partial charge in [0.15, 0.2) is 0 Å². The second kappa shape index (κ2) is 5.28. The third kappa shape index (κ3) is 3.39. The molecule has 0 aromatic carbocycles. The van der Waals surface area contributed by atoms with E-state index in [1.54, 1.807) is 5.57 Å². The Morgan fingerprint density at radius 3 is 2.54 bits per heavy atom. The molecule has 1 rings (SSSR count). The van der Waals surface area contributed by atoms with Crippen molar-refractivity contribution in [2.24, 2.45) is 0 Å². The van der Waals surface area contributed by atoms with Crippen molar-refractivity contribution in [2.75, 3.05) is 27.2 Å². The fourth-order valence-electron chi connectivity index (χ4n) is 1.95. The highest BCUT2D eigenvalue weighted by Crippen LogP contribution is 2.22. The molecule has 13 heavy (non-hydrogen) atoms. The quantitative estimate of drug-likeness (QED) is 0.715. The van der Waals surface area contributed by atoms with Gasteiger partial charge in [0.2, 0.25) is 0 Å². The summed E-state index contributed by atoms with van der Waals surface area (Å²) in [5.41, 5.74) is 3.14. The molecule has 0 amide bonds. The lowest BCUT2D eigenvalue weighted by molar-refractivity contribution is 0.425. The first kappa shape index (κ1) is 10.6. The minimum absolute atomic E-state index is 1.06. The Morgan fingerprint density at radius 2 is 1.92 bits per heavy atom. The van der Waals surface area contributed by atoms with Crippen LogP contribution in [0.1, 0.15) is 32.6 Å². The Kier molecular flexibility index (Phi) is 4.29. The number of likely N-dealkylation sites (N-methyl/N-ethyl adjacent to an activating group) is 1. The van der Waals surface area contributed by atoms with Crippen molar-refractivity contribution in [3.63, 3.8) is 0 Å². The number of hydrogen-bond acceptors (Lipinski definition) is 2. The van der Waals surface area contributed by atoms with E-state index in [2.05, 4.69) is 31.2 Å². The van der Waals surface area contributed by atoms with Gasteiger partial charge in [-0.15, -0.1) is 0 Å². The third-order valence-corrected chi connectivity index (χ3v) is 2.48. The van der Waals surface area contributed by atoms with Gasteiger partial charge in [-0.25, -0.2) is 0 Å². The van der Waals surface area contributed by atoms with Crippen LogP contribution in [0.2, 0.25) is 0 Å². The molecule has 76 valence electrons. The monoisotopic (exact) mass is 182 g/mol. The van der Waals surface area contributed by atoms with Crippen molar-refractivity contribution in [2.45, 2.75) is 32.6 Å². The molecule has 0 saturated carbocycles. The summed E-state index contributed by atoms with van der Waals surface area (Å²) in [5, 5.41) is 3.49. The zero-order chi connectivity index (χ0) is 9.68. The summed E-state index contributed by atoms with van der Waals surface area (Å²) in [6, 6.07) is 0. The van der Waals surface area contributed by atoms with Crippen LogP contribution in [0.3, 0.4) is 0 Å². The van der Waals surface area contributed by atoms with E-state index in [9.17, 15) is 0 Å². The molecule has 0 unspecified atom stereocenters.